The number of hydrogen-bond donors (Lipinski definition) is 1. The Kier molecular flexibility index (Phi) is 7.78. The van der Waals surface area contributed by atoms with E-state index in [-0.39, 0.29) is 49.5 Å². The lowest BCUT2D eigenvalue weighted by atomic mass is 10.0. The highest BCUT2D eigenvalue weighted by molar-refractivity contribution is 5.90. The highest BCUT2D eigenvalue weighted by Crippen LogP contribution is 2.04. The molecule has 0 rings (SSSR count). The predicted octanol–water partition coefficient (Wildman–Crippen LogP) is 0.164. The zero-order valence-electron chi connectivity index (χ0n) is 10.7. The minimum Gasteiger partial charge on any atom is -0.468 e. The number of Topliss-reactive ketones (excluding diaryl/α,β-unsaturated/α-hetero) is 3. The summed E-state index contributed by atoms with van der Waals surface area (Å²) in [7, 11) is 1.19. The summed E-state index contributed by atoms with van der Waals surface area (Å²) >= 11 is 0. The molecule has 0 bridgehead atoms. The molecule has 6 nitrogen and oxygen atoms in total. The lowest BCUT2D eigenvalue weighted by molar-refractivity contribution is -0.143. The van der Waals surface area contributed by atoms with E-state index >= 15 is 0 Å². The third-order valence-electron chi connectivity index (χ3n) is 2.39. The van der Waals surface area contributed by atoms with Gasteiger partial charge in [-0.25, -0.2) is 0 Å². The van der Waals surface area contributed by atoms with Crippen molar-refractivity contribution in [3.63, 3.8) is 0 Å². The number of hydrogen-bond acceptors (Lipinski definition) is 6. The molecule has 0 aromatic rings. The molecule has 1 unspecified atom stereocenters. The quantitative estimate of drug-likeness (QED) is 0.590. The SMILES string of the molecule is COC(=O)C(N)CC(=O)CCC(=O)CCC(C)=O. The molecular weight excluding hydrogens is 238 g/mol. The zero-order valence-corrected chi connectivity index (χ0v) is 10.7. The molecule has 0 aliphatic heterocycles. The van der Waals surface area contributed by atoms with Crippen LogP contribution < -0.4 is 5.73 Å². The second kappa shape index (κ2) is 8.52. The second-order valence-electron chi connectivity index (χ2n) is 4.11. The standard InChI is InChI=1S/C12H19NO5/c1-8(14)3-4-9(15)5-6-10(16)7-11(13)12(17)18-2/h11H,3-7,13H2,1-2H3. The van der Waals surface area contributed by atoms with Gasteiger partial charge in [0.05, 0.1) is 7.11 Å². The van der Waals surface area contributed by atoms with Crippen LogP contribution in [0.2, 0.25) is 0 Å². The Balaban J connectivity index is 3.86. The number of nitrogens with two attached hydrogens (primary N) is 1. The summed E-state index contributed by atoms with van der Waals surface area (Å²) in [6.07, 6.45) is 0.356. The van der Waals surface area contributed by atoms with Crippen molar-refractivity contribution in [2.75, 3.05) is 7.11 Å². The molecule has 0 aromatic heterocycles. The fraction of sp³-hybridized carbons (Fsp3) is 0.667. The Hall–Kier alpha value is -1.56. The Morgan fingerprint density at radius 2 is 1.50 bits per heavy atom. The third-order valence-corrected chi connectivity index (χ3v) is 2.39. The van der Waals surface area contributed by atoms with Crippen molar-refractivity contribution in [2.24, 2.45) is 5.73 Å². The molecule has 0 aliphatic rings. The highest BCUT2D eigenvalue weighted by Gasteiger charge is 2.18. The molecule has 2 N–H and O–H groups in total. The molecule has 0 radical (unpaired) electrons. The summed E-state index contributed by atoms with van der Waals surface area (Å²) < 4.78 is 4.38. The average Bonchev–Trinajstić information content (AvgIpc) is 2.32. The van der Waals surface area contributed by atoms with Crippen molar-refractivity contribution in [3.05, 3.63) is 0 Å². The maximum absolute atomic E-state index is 11.4. The normalized spacial score (nSPS) is 11.7. The molecular formula is C12H19NO5. The van der Waals surface area contributed by atoms with Crippen molar-refractivity contribution in [1.29, 1.82) is 0 Å². The molecule has 102 valence electrons. The lowest BCUT2D eigenvalue weighted by Crippen LogP contribution is -2.33. The van der Waals surface area contributed by atoms with Crippen LogP contribution in [0.25, 0.3) is 0 Å². The summed E-state index contributed by atoms with van der Waals surface area (Å²) in [4.78, 5) is 44.3. The lowest BCUT2D eigenvalue weighted by Gasteiger charge is -2.07. The molecule has 0 fully saturated rings. The van der Waals surface area contributed by atoms with Gasteiger partial charge in [0.1, 0.15) is 23.4 Å². The van der Waals surface area contributed by atoms with Crippen molar-refractivity contribution in [2.45, 2.75) is 45.1 Å². The van der Waals surface area contributed by atoms with E-state index in [0.29, 0.717) is 0 Å². The smallest absolute Gasteiger partial charge is 0.323 e. The van der Waals surface area contributed by atoms with E-state index in [4.69, 9.17) is 5.73 Å². The van der Waals surface area contributed by atoms with E-state index in [1.165, 1.54) is 14.0 Å². The molecule has 0 saturated carbocycles. The molecule has 0 heterocycles. The maximum Gasteiger partial charge on any atom is 0.323 e. The fourth-order valence-electron chi connectivity index (χ4n) is 1.30. The molecule has 0 saturated heterocycles. The second-order valence-corrected chi connectivity index (χ2v) is 4.11. The van der Waals surface area contributed by atoms with Gasteiger partial charge in [0.25, 0.3) is 0 Å². The van der Waals surface area contributed by atoms with E-state index < -0.39 is 12.0 Å². The molecule has 0 spiro atoms. The van der Waals surface area contributed by atoms with Crippen LogP contribution in [-0.4, -0.2) is 36.5 Å². The van der Waals surface area contributed by atoms with Crippen LogP contribution in [0.4, 0.5) is 0 Å². The maximum atomic E-state index is 11.4. The van der Waals surface area contributed by atoms with E-state index in [9.17, 15) is 19.2 Å². The Morgan fingerprint density at radius 1 is 1.00 bits per heavy atom. The van der Waals surface area contributed by atoms with Crippen LogP contribution in [0.3, 0.4) is 0 Å². The number of esters is 1. The van der Waals surface area contributed by atoms with Gasteiger partial charge in [-0.3, -0.25) is 14.4 Å². The first kappa shape index (κ1) is 16.4. The molecule has 6 heteroatoms. The summed E-state index contributed by atoms with van der Waals surface area (Å²) in [6, 6.07) is -0.977. The number of ketones is 3. The largest absolute Gasteiger partial charge is 0.468 e. The average molecular weight is 257 g/mol. The minimum absolute atomic E-state index is 0.0431. The van der Waals surface area contributed by atoms with Crippen molar-refractivity contribution in [1.82, 2.24) is 0 Å². The topological polar surface area (TPSA) is 104 Å². The van der Waals surface area contributed by atoms with Crippen LogP contribution >= 0.6 is 0 Å². The fourth-order valence-corrected chi connectivity index (χ4v) is 1.30. The minimum atomic E-state index is -0.977. The van der Waals surface area contributed by atoms with Crippen LogP contribution in [0, 0.1) is 0 Å². The van der Waals surface area contributed by atoms with Gasteiger partial charge in [-0.1, -0.05) is 0 Å². The molecule has 0 aromatic carbocycles. The van der Waals surface area contributed by atoms with Gasteiger partial charge in [0.2, 0.25) is 0 Å². The third kappa shape index (κ3) is 7.67. The van der Waals surface area contributed by atoms with E-state index in [0.717, 1.165) is 0 Å². The van der Waals surface area contributed by atoms with Crippen LogP contribution in [0.5, 0.6) is 0 Å². The Morgan fingerprint density at radius 3 is 2.00 bits per heavy atom. The summed E-state index contributed by atoms with van der Waals surface area (Å²) in [5, 5.41) is 0. The van der Waals surface area contributed by atoms with Gasteiger partial charge in [-0.15, -0.1) is 0 Å². The number of carbonyl (C=O) groups excluding carboxylic acids is 4. The molecule has 1 atom stereocenters. The van der Waals surface area contributed by atoms with E-state index in [1.807, 2.05) is 0 Å². The van der Waals surface area contributed by atoms with E-state index in [1.54, 1.807) is 0 Å². The van der Waals surface area contributed by atoms with Crippen LogP contribution in [-0.2, 0) is 23.9 Å². The number of methoxy groups -OCH3 is 1. The summed E-state index contributed by atoms with van der Waals surface area (Å²) in [5.74, 6) is -1.09. The van der Waals surface area contributed by atoms with Crippen molar-refractivity contribution >= 4 is 23.3 Å². The van der Waals surface area contributed by atoms with Gasteiger partial charge < -0.3 is 15.3 Å². The van der Waals surface area contributed by atoms with Crippen LogP contribution in [0.1, 0.15) is 39.0 Å². The Labute approximate surface area is 106 Å². The first-order valence-electron chi connectivity index (χ1n) is 5.73. The van der Waals surface area contributed by atoms with Gasteiger partial charge in [-0.2, -0.15) is 0 Å². The summed E-state index contributed by atoms with van der Waals surface area (Å²) in [5.41, 5.74) is 5.41. The molecule has 0 aliphatic carbocycles. The van der Waals surface area contributed by atoms with Gasteiger partial charge in [0, 0.05) is 32.1 Å². The summed E-state index contributed by atoms with van der Waals surface area (Å²) in [6.45, 7) is 1.41. The number of rotatable bonds is 9. The van der Waals surface area contributed by atoms with Gasteiger partial charge in [-0.05, 0) is 6.92 Å². The predicted molar refractivity (Wildman–Crippen MR) is 63.8 cm³/mol. The zero-order chi connectivity index (χ0) is 14.1. The van der Waals surface area contributed by atoms with Gasteiger partial charge >= 0.3 is 5.97 Å². The first-order valence-corrected chi connectivity index (χ1v) is 5.73. The molecule has 0 amide bonds. The molecule has 18 heavy (non-hydrogen) atoms. The Bertz CT molecular complexity index is 337. The monoisotopic (exact) mass is 257 g/mol. The highest BCUT2D eigenvalue weighted by atomic mass is 16.5. The van der Waals surface area contributed by atoms with Crippen LogP contribution in [0.15, 0.2) is 0 Å². The van der Waals surface area contributed by atoms with Crippen molar-refractivity contribution < 1.29 is 23.9 Å². The van der Waals surface area contributed by atoms with Crippen molar-refractivity contribution in [3.8, 4) is 0 Å². The van der Waals surface area contributed by atoms with E-state index in [2.05, 4.69) is 4.74 Å². The number of ether oxygens (including phenoxy) is 1. The first-order chi connectivity index (χ1) is 8.36. The van der Waals surface area contributed by atoms with Gasteiger partial charge in [0.15, 0.2) is 0 Å². The number of carbonyl (C=O) groups is 4.